The summed E-state index contributed by atoms with van der Waals surface area (Å²) in [6.45, 7) is 0. The lowest BCUT2D eigenvalue weighted by molar-refractivity contribution is 0.458. The quantitative estimate of drug-likeness (QED) is 0.768. The highest BCUT2D eigenvalue weighted by atomic mass is 16.3. The molecule has 0 bridgehead atoms. The highest BCUT2D eigenvalue weighted by Crippen LogP contribution is 2.39. The van der Waals surface area contributed by atoms with Crippen molar-refractivity contribution >= 4 is 0 Å². The zero-order valence-electron chi connectivity index (χ0n) is 11.3. The Balaban J connectivity index is 2.22. The molecule has 21 heavy (non-hydrogen) atoms. The van der Waals surface area contributed by atoms with Gasteiger partial charge in [0.1, 0.15) is 11.5 Å². The van der Waals surface area contributed by atoms with Crippen molar-refractivity contribution in [2.75, 3.05) is 0 Å². The molecule has 1 heterocycles. The van der Waals surface area contributed by atoms with Crippen LogP contribution >= 0.6 is 0 Å². The molecule has 2 aromatic carbocycles. The van der Waals surface area contributed by atoms with Gasteiger partial charge in [-0.1, -0.05) is 42.5 Å². The van der Waals surface area contributed by atoms with Gasteiger partial charge in [0.25, 0.3) is 0 Å². The predicted molar refractivity (Wildman–Crippen MR) is 81.4 cm³/mol. The maximum atomic E-state index is 10.2. The van der Waals surface area contributed by atoms with Crippen LogP contribution in [-0.4, -0.2) is 15.2 Å². The van der Waals surface area contributed by atoms with Gasteiger partial charge in [0.15, 0.2) is 0 Å². The van der Waals surface area contributed by atoms with Gasteiger partial charge in [-0.25, -0.2) is 0 Å². The molecule has 0 saturated heterocycles. The first kappa shape index (κ1) is 13.2. The molecule has 3 rings (SSSR count). The van der Waals surface area contributed by atoms with Gasteiger partial charge >= 0.3 is 0 Å². The molecule has 0 aliphatic carbocycles. The van der Waals surface area contributed by atoms with E-state index in [1.807, 2.05) is 42.5 Å². The molecule has 3 aromatic rings. The van der Waals surface area contributed by atoms with Crippen LogP contribution in [0, 0.1) is 0 Å². The summed E-state index contributed by atoms with van der Waals surface area (Å²) >= 11 is 0. The molecule has 0 spiro atoms. The van der Waals surface area contributed by atoms with Gasteiger partial charge in [0.05, 0.1) is 11.6 Å². The van der Waals surface area contributed by atoms with E-state index in [0.717, 1.165) is 16.8 Å². The highest BCUT2D eigenvalue weighted by molar-refractivity contribution is 5.50. The molecule has 0 aliphatic rings. The zero-order chi connectivity index (χ0) is 14.7. The first-order chi connectivity index (χ1) is 10.3. The molecule has 0 radical (unpaired) electrons. The third-order valence-corrected chi connectivity index (χ3v) is 3.48. The third-order valence-electron chi connectivity index (χ3n) is 3.48. The summed E-state index contributed by atoms with van der Waals surface area (Å²) in [6.07, 6.45) is 1.71. The van der Waals surface area contributed by atoms with Crippen molar-refractivity contribution < 1.29 is 10.2 Å². The van der Waals surface area contributed by atoms with Crippen molar-refractivity contribution in [3.05, 3.63) is 89.7 Å². The Labute approximate surface area is 123 Å². The minimum Gasteiger partial charge on any atom is -0.508 e. The summed E-state index contributed by atoms with van der Waals surface area (Å²) in [5.74, 6) is 0.0708. The van der Waals surface area contributed by atoms with Crippen LogP contribution in [0.3, 0.4) is 0 Å². The zero-order valence-corrected chi connectivity index (χ0v) is 11.3. The lowest BCUT2D eigenvalue weighted by atomic mass is 9.87. The highest BCUT2D eigenvalue weighted by Gasteiger charge is 2.23. The lowest BCUT2D eigenvalue weighted by Gasteiger charge is -2.19. The summed E-state index contributed by atoms with van der Waals surface area (Å²) in [5.41, 5.74) is 2.22. The predicted octanol–water partition coefficient (Wildman–Crippen LogP) is 3.67. The third kappa shape index (κ3) is 2.58. The maximum Gasteiger partial charge on any atom is 0.119 e. The average molecular weight is 277 g/mol. The topological polar surface area (TPSA) is 53.4 Å². The first-order valence-corrected chi connectivity index (χ1v) is 6.74. The number of aromatic hydroxyl groups is 2. The van der Waals surface area contributed by atoms with E-state index < -0.39 is 0 Å². The smallest absolute Gasteiger partial charge is 0.119 e. The normalized spacial score (nSPS) is 10.7. The van der Waals surface area contributed by atoms with E-state index in [1.165, 1.54) is 0 Å². The Bertz CT molecular complexity index is 695. The Morgan fingerprint density at radius 3 is 1.67 bits per heavy atom. The Kier molecular flexibility index (Phi) is 3.56. The standard InChI is InChI=1S/C18H15NO2/c20-16-10-3-1-7-13(16)18(15-9-5-6-12-19-15)14-8-2-4-11-17(14)21/h1-12,18,20-21H. The number of para-hydroxylation sites is 2. The van der Waals surface area contributed by atoms with Crippen LogP contribution in [-0.2, 0) is 0 Å². The number of phenolic OH excluding ortho intramolecular Hbond substituents is 2. The summed E-state index contributed by atoms with van der Waals surface area (Å²) in [7, 11) is 0. The number of rotatable bonds is 3. The number of benzene rings is 2. The number of hydrogen-bond acceptors (Lipinski definition) is 3. The fraction of sp³-hybridized carbons (Fsp3) is 0.0556. The van der Waals surface area contributed by atoms with Crippen LogP contribution in [0.1, 0.15) is 22.7 Å². The van der Waals surface area contributed by atoms with Crippen molar-refractivity contribution in [1.29, 1.82) is 0 Å². The minimum atomic E-state index is -0.311. The Hall–Kier alpha value is -2.81. The molecule has 104 valence electrons. The number of nitrogens with zero attached hydrogens (tertiary/aromatic N) is 1. The van der Waals surface area contributed by atoms with Crippen molar-refractivity contribution in [3.8, 4) is 11.5 Å². The van der Waals surface area contributed by atoms with E-state index >= 15 is 0 Å². The van der Waals surface area contributed by atoms with Gasteiger partial charge in [0, 0.05) is 17.3 Å². The van der Waals surface area contributed by atoms with Crippen molar-refractivity contribution in [3.63, 3.8) is 0 Å². The molecular formula is C18H15NO2. The number of phenols is 2. The molecule has 0 aliphatic heterocycles. The van der Waals surface area contributed by atoms with Gasteiger partial charge in [-0.2, -0.15) is 0 Å². The molecule has 3 heteroatoms. The maximum absolute atomic E-state index is 10.2. The van der Waals surface area contributed by atoms with E-state index in [9.17, 15) is 10.2 Å². The molecule has 0 unspecified atom stereocenters. The number of pyridine rings is 1. The van der Waals surface area contributed by atoms with Crippen LogP contribution in [0.2, 0.25) is 0 Å². The molecule has 2 N–H and O–H groups in total. The number of aromatic nitrogens is 1. The summed E-state index contributed by atoms with van der Waals surface area (Å²) in [5, 5.41) is 20.4. The van der Waals surface area contributed by atoms with Gasteiger partial charge in [-0.05, 0) is 24.3 Å². The second kappa shape index (κ2) is 5.67. The van der Waals surface area contributed by atoms with E-state index in [0.29, 0.717) is 0 Å². The summed E-state index contributed by atoms with van der Waals surface area (Å²) in [4.78, 5) is 4.39. The molecule has 3 nitrogen and oxygen atoms in total. The van der Waals surface area contributed by atoms with Crippen LogP contribution in [0.4, 0.5) is 0 Å². The molecule has 1 aromatic heterocycles. The average Bonchev–Trinajstić information content (AvgIpc) is 2.52. The van der Waals surface area contributed by atoms with Crippen LogP contribution in [0.15, 0.2) is 72.9 Å². The van der Waals surface area contributed by atoms with Crippen molar-refractivity contribution in [2.45, 2.75) is 5.92 Å². The van der Waals surface area contributed by atoms with Gasteiger partial charge < -0.3 is 10.2 Å². The van der Waals surface area contributed by atoms with E-state index in [4.69, 9.17) is 0 Å². The SMILES string of the molecule is Oc1ccccc1C(c1ccccn1)c1ccccc1O. The Morgan fingerprint density at radius 1 is 0.667 bits per heavy atom. The first-order valence-electron chi connectivity index (χ1n) is 6.74. The summed E-state index contributed by atoms with van der Waals surface area (Å²) in [6, 6.07) is 19.9. The van der Waals surface area contributed by atoms with Crippen LogP contribution in [0.25, 0.3) is 0 Å². The largest absolute Gasteiger partial charge is 0.508 e. The van der Waals surface area contributed by atoms with Crippen LogP contribution < -0.4 is 0 Å². The molecule has 0 amide bonds. The molecule has 0 saturated carbocycles. The fourth-order valence-corrected chi connectivity index (χ4v) is 2.50. The van der Waals surface area contributed by atoms with E-state index in [-0.39, 0.29) is 17.4 Å². The van der Waals surface area contributed by atoms with E-state index in [1.54, 1.807) is 30.5 Å². The Morgan fingerprint density at radius 2 is 1.19 bits per heavy atom. The van der Waals surface area contributed by atoms with Crippen LogP contribution in [0.5, 0.6) is 11.5 Å². The molecular weight excluding hydrogens is 262 g/mol. The van der Waals surface area contributed by atoms with Gasteiger partial charge in [-0.3, -0.25) is 4.98 Å². The van der Waals surface area contributed by atoms with Crippen molar-refractivity contribution in [2.24, 2.45) is 0 Å². The fourth-order valence-electron chi connectivity index (χ4n) is 2.50. The van der Waals surface area contributed by atoms with Gasteiger partial charge in [0.2, 0.25) is 0 Å². The number of hydrogen-bond donors (Lipinski definition) is 2. The lowest BCUT2D eigenvalue weighted by Crippen LogP contribution is -2.06. The monoisotopic (exact) mass is 277 g/mol. The van der Waals surface area contributed by atoms with E-state index in [2.05, 4.69) is 4.98 Å². The molecule has 0 atom stereocenters. The summed E-state index contributed by atoms with van der Waals surface area (Å²) < 4.78 is 0. The molecule has 0 fully saturated rings. The van der Waals surface area contributed by atoms with Gasteiger partial charge in [-0.15, -0.1) is 0 Å². The second-order valence-electron chi connectivity index (χ2n) is 4.81. The second-order valence-corrected chi connectivity index (χ2v) is 4.81. The minimum absolute atomic E-state index is 0.191. The van der Waals surface area contributed by atoms with Crippen molar-refractivity contribution in [1.82, 2.24) is 4.98 Å².